The van der Waals surface area contributed by atoms with Gasteiger partial charge in [-0.3, -0.25) is 9.10 Å². The third kappa shape index (κ3) is 5.85. The molecule has 2 aromatic rings. The zero-order chi connectivity index (χ0) is 21.8. The first-order chi connectivity index (χ1) is 13.5. The van der Waals surface area contributed by atoms with Gasteiger partial charge in [-0.05, 0) is 50.2 Å². The number of nitrogens with one attached hydrogen (secondary N) is 1. The van der Waals surface area contributed by atoms with Gasteiger partial charge in [-0.25, -0.2) is 13.2 Å². The second kappa shape index (κ2) is 9.47. The lowest BCUT2D eigenvalue weighted by Crippen LogP contribution is -2.45. The first-order valence-electron chi connectivity index (χ1n) is 8.57. The first-order valence-corrected chi connectivity index (χ1v) is 11.2. The molecule has 1 N–H and O–H groups in total. The molecule has 2 aromatic carbocycles. The molecule has 156 valence electrons. The van der Waals surface area contributed by atoms with Gasteiger partial charge in [0.05, 0.1) is 29.1 Å². The molecule has 10 heteroatoms. The van der Waals surface area contributed by atoms with Gasteiger partial charge in [0.15, 0.2) is 0 Å². The Kier molecular flexibility index (Phi) is 7.51. The summed E-state index contributed by atoms with van der Waals surface area (Å²) in [5.74, 6) is -1.23. The fourth-order valence-electron chi connectivity index (χ4n) is 2.64. The van der Waals surface area contributed by atoms with Crippen LogP contribution in [-0.2, 0) is 19.6 Å². The van der Waals surface area contributed by atoms with Crippen LogP contribution in [0.15, 0.2) is 42.5 Å². The highest BCUT2D eigenvalue weighted by Crippen LogP contribution is 2.26. The van der Waals surface area contributed by atoms with Gasteiger partial charge in [0.1, 0.15) is 6.04 Å². The number of rotatable bonds is 7. The predicted octanol–water partition coefficient (Wildman–Crippen LogP) is 3.96. The molecule has 0 aromatic heterocycles. The van der Waals surface area contributed by atoms with Crippen LogP contribution in [0, 0.1) is 0 Å². The Morgan fingerprint density at radius 2 is 1.86 bits per heavy atom. The molecule has 0 heterocycles. The van der Waals surface area contributed by atoms with E-state index < -0.39 is 27.9 Å². The minimum absolute atomic E-state index is 0.0915. The third-order valence-corrected chi connectivity index (χ3v) is 5.69. The van der Waals surface area contributed by atoms with Gasteiger partial charge < -0.3 is 10.1 Å². The highest BCUT2D eigenvalue weighted by molar-refractivity contribution is 7.92. The third-order valence-electron chi connectivity index (χ3n) is 3.88. The zero-order valence-corrected chi connectivity index (χ0v) is 18.3. The quantitative estimate of drug-likeness (QED) is 0.633. The van der Waals surface area contributed by atoms with Crippen LogP contribution in [-0.4, -0.2) is 39.2 Å². The largest absolute Gasteiger partial charge is 0.462 e. The summed E-state index contributed by atoms with van der Waals surface area (Å²) in [6.07, 6.45) is 0.999. The maximum atomic E-state index is 12.8. The average Bonchev–Trinajstić information content (AvgIpc) is 2.62. The van der Waals surface area contributed by atoms with Gasteiger partial charge in [0.2, 0.25) is 15.9 Å². The standard InChI is InChI=1S/C19H20Cl2N2O5S/c1-4-28-19(25)16-11-14(8-9-17(16)21)22-18(24)12(2)23(29(3,26)27)15-7-5-6-13(20)10-15/h5-12H,4H2,1-3H3,(H,22,24)/t12-/m1/s1. The lowest BCUT2D eigenvalue weighted by molar-refractivity contribution is -0.116. The number of carbonyl (C=O) groups is 2. The van der Waals surface area contributed by atoms with E-state index in [1.807, 2.05) is 0 Å². The minimum Gasteiger partial charge on any atom is -0.462 e. The Morgan fingerprint density at radius 1 is 1.17 bits per heavy atom. The minimum atomic E-state index is -3.79. The number of anilines is 2. The molecule has 0 saturated heterocycles. The molecule has 0 radical (unpaired) electrons. The Morgan fingerprint density at radius 3 is 2.45 bits per heavy atom. The Bertz CT molecular complexity index is 1030. The van der Waals surface area contributed by atoms with Gasteiger partial charge in [-0.15, -0.1) is 0 Å². The van der Waals surface area contributed by atoms with Crippen molar-refractivity contribution >= 4 is 56.5 Å². The van der Waals surface area contributed by atoms with Crippen molar-refractivity contribution in [2.24, 2.45) is 0 Å². The van der Waals surface area contributed by atoms with Crippen molar-refractivity contribution in [2.75, 3.05) is 22.5 Å². The lowest BCUT2D eigenvalue weighted by Gasteiger charge is -2.28. The van der Waals surface area contributed by atoms with Crippen molar-refractivity contribution in [3.05, 3.63) is 58.1 Å². The van der Waals surface area contributed by atoms with E-state index in [9.17, 15) is 18.0 Å². The summed E-state index contributed by atoms with van der Waals surface area (Å²) in [7, 11) is -3.79. The van der Waals surface area contributed by atoms with Crippen molar-refractivity contribution in [2.45, 2.75) is 19.9 Å². The number of hydrogen-bond acceptors (Lipinski definition) is 5. The lowest BCUT2D eigenvalue weighted by atomic mass is 10.2. The molecule has 1 amide bonds. The number of carbonyl (C=O) groups excluding carboxylic acids is 2. The molecule has 0 aliphatic rings. The van der Waals surface area contributed by atoms with Crippen molar-refractivity contribution in [1.29, 1.82) is 0 Å². The van der Waals surface area contributed by atoms with Crippen LogP contribution in [0.3, 0.4) is 0 Å². The molecule has 2 rings (SSSR count). The van der Waals surface area contributed by atoms with E-state index in [0.29, 0.717) is 5.02 Å². The molecule has 0 fully saturated rings. The monoisotopic (exact) mass is 458 g/mol. The van der Waals surface area contributed by atoms with Crippen LogP contribution in [0.4, 0.5) is 11.4 Å². The van der Waals surface area contributed by atoms with Crippen LogP contribution in [0.25, 0.3) is 0 Å². The van der Waals surface area contributed by atoms with Crippen LogP contribution < -0.4 is 9.62 Å². The predicted molar refractivity (Wildman–Crippen MR) is 114 cm³/mol. The molecule has 0 bridgehead atoms. The van der Waals surface area contributed by atoms with Crippen LogP contribution in [0.2, 0.25) is 10.0 Å². The van der Waals surface area contributed by atoms with E-state index in [4.69, 9.17) is 27.9 Å². The van der Waals surface area contributed by atoms with Gasteiger partial charge >= 0.3 is 5.97 Å². The number of esters is 1. The van der Waals surface area contributed by atoms with E-state index in [1.54, 1.807) is 19.1 Å². The number of hydrogen-bond donors (Lipinski definition) is 1. The Labute approximate surface area is 179 Å². The summed E-state index contributed by atoms with van der Waals surface area (Å²) in [6.45, 7) is 3.28. The summed E-state index contributed by atoms with van der Waals surface area (Å²) in [6, 6.07) is 9.40. The van der Waals surface area contributed by atoms with Gasteiger partial charge in [0, 0.05) is 10.7 Å². The average molecular weight is 459 g/mol. The van der Waals surface area contributed by atoms with Crippen LogP contribution in [0.5, 0.6) is 0 Å². The number of nitrogens with zero attached hydrogens (tertiary/aromatic N) is 1. The van der Waals surface area contributed by atoms with Crippen molar-refractivity contribution < 1.29 is 22.7 Å². The Hall–Kier alpha value is -2.29. The molecular weight excluding hydrogens is 439 g/mol. The fraction of sp³-hybridized carbons (Fsp3) is 0.263. The van der Waals surface area contributed by atoms with Gasteiger partial charge in [0.25, 0.3) is 0 Å². The maximum Gasteiger partial charge on any atom is 0.339 e. The zero-order valence-electron chi connectivity index (χ0n) is 16.0. The van der Waals surface area contributed by atoms with E-state index in [1.165, 1.54) is 37.3 Å². The second-order valence-corrected chi connectivity index (χ2v) is 8.82. The van der Waals surface area contributed by atoms with Crippen LogP contribution in [0.1, 0.15) is 24.2 Å². The van der Waals surface area contributed by atoms with Crippen molar-refractivity contribution in [1.82, 2.24) is 0 Å². The number of benzene rings is 2. The number of amides is 1. The Balaban J connectivity index is 2.31. The molecule has 29 heavy (non-hydrogen) atoms. The molecule has 1 atom stereocenters. The fourth-order valence-corrected chi connectivity index (χ4v) is 4.18. The summed E-state index contributed by atoms with van der Waals surface area (Å²) < 4.78 is 30.6. The summed E-state index contributed by atoms with van der Waals surface area (Å²) >= 11 is 12.0. The van der Waals surface area contributed by atoms with Crippen LogP contribution >= 0.6 is 23.2 Å². The molecule has 7 nitrogen and oxygen atoms in total. The number of halogens is 2. The SMILES string of the molecule is CCOC(=O)c1cc(NC(=O)[C@@H](C)N(c2cccc(Cl)c2)S(C)(=O)=O)ccc1Cl. The van der Waals surface area contributed by atoms with E-state index in [0.717, 1.165) is 10.6 Å². The molecule has 0 aliphatic carbocycles. The van der Waals surface area contributed by atoms with E-state index >= 15 is 0 Å². The second-order valence-electron chi connectivity index (χ2n) is 6.12. The van der Waals surface area contributed by atoms with Crippen molar-refractivity contribution in [3.63, 3.8) is 0 Å². The molecule has 0 aliphatic heterocycles. The topological polar surface area (TPSA) is 92.8 Å². The number of ether oxygens (including phenoxy) is 1. The van der Waals surface area contributed by atoms with Gasteiger partial charge in [-0.1, -0.05) is 29.3 Å². The first kappa shape index (κ1) is 23.0. The molecular formula is C19H20Cl2N2O5S. The van der Waals surface area contributed by atoms with E-state index in [-0.39, 0.29) is 28.6 Å². The molecule has 0 unspecified atom stereocenters. The van der Waals surface area contributed by atoms with E-state index in [2.05, 4.69) is 5.32 Å². The summed E-state index contributed by atoms with van der Waals surface area (Å²) in [5.41, 5.74) is 0.619. The smallest absolute Gasteiger partial charge is 0.339 e. The number of sulfonamides is 1. The van der Waals surface area contributed by atoms with Crippen molar-refractivity contribution in [3.8, 4) is 0 Å². The van der Waals surface area contributed by atoms with Gasteiger partial charge in [-0.2, -0.15) is 0 Å². The molecule has 0 saturated carbocycles. The normalized spacial score (nSPS) is 12.2. The maximum absolute atomic E-state index is 12.8. The summed E-state index contributed by atoms with van der Waals surface area (Å²) in [4.78, 5) is 24.7. The highest BCUT2D eigenvalue weighted by atomic mass is 35.5. The highest BCUT2D eigenvalue weighted by Gasteiger charge is 2.29. The summed E-state index contributed by atoms with van der Waals surface area (Å²) in [5, 5.41) is 3.11. The molecule has 0 spiro atoms.